The van der Waals surface area contributed by atoms with Gasteiger partial charge >= 0.3 is 0 Å². The third-order valence-corrected chi connectivity index (χ3v) is 4.69. The zero-order valence-corrected chi connectivity index (χ0v) is 16.0. The summed E-state index contributed by atoms with van der Waals surface area (Å²) in [5.41, 5.74) is 3.53. The van der Waals surface area contributed by atoms with E-state index in [1.165, 1.54) is 6.07 Å². The van der Waals surface area contributed by atoms with Crippen molar-refractivity contribution in [2.45, 2.75) is 19.8 Å². The van der Waals surface area contributed by atoms with Crippen LogP contribution in [0.1, 0.15) is 24.1 Å². The third-order valence-electron chi connectivity index (χ3n) is 4.20. The molecule has 1 heterocycles. The summed E-state index contributed by atoms with van der Waals surface area (Å²) in [6.07, 6.45) is 1.69. The maximum absolute atomic E-state index is 14.5. The molecule has 1 unspecified atom stereocenters. The summed E-state index contributed by atoms with van der Waals surface area (Å²) >= 11 is 3.40. The lowest BCUT2D eigenvalue weighted by molar-refractivity contribution is -0.117. The van der Waals surface area contributed by atoms with Crippen molar-refractivity contribution in [1.82, 2.24) is 4.98 Å². The lowest BCUT2D eigenvalue weighted by Gasteiger charge is -2.14. The molecular formula is C21H18BrFN2O. The molecule has 1 aromatic heterocycles. The van der Waals surface area contributed by atoms with Crippen molar-refractivity contribution in [3.05, 3.63) is 82.3 Å². The predicted octanol–water partition coefficient (Wildman–Crippen LogP) is 5.70. The van der Waals surface area contributed by atoms with E-state index in [1.54, 1.807) is 25.3 Å². The summed E-state index contributed by atoms with van der Waals surface area (Å²) in [5.74, 6) is -1.12. The molecule has 26 heavy (non-hydrogen) atoms. The number of aromatic nitrogens is 1. The number of halogens is 2. The number of nitrogens with one attached hydrogen (secondary N) is 1. The molecule has 0 aliphatic rings. The fourth-order valence-electron chi connectivity index (χ4n) is 2.69. The standard InChI is InChI=1S/C21H18BrFN2O/c1-13-10-17(8-9-24-13)16-6-7-20(19(23)12-16)25-21(26)14(2)15-4-3-5-18(22)11-15/h3-12,14H,1-2H3,(H,25,26). The van der Waals surface area contributed by atoms with Gasteiger partial charge in [-0.25, -0.2) is 4.39 Å². The van der Waals surface area contributed by atoms with E-state index in [0.29, 0.717) is 0 Å². The number of benzene rings is 2. The van der Waals surface area contributed by atoms with Crippen molar-refractivity contribution >= 4 is 27.5 Å². The molecule has 3 rings (SSSR count). The second kappa shape index (κ2) is 7.79. The number of pyridine rings is 1. The Morgan fingerprint density at radius 1 is 1.12 bits per heavy atom. The monoisotopic (exact) mass is 412 g/mol. The predicted molar refractivity (Wildman–Crippen MR) is 106 cm³/mol. The van der Waals surface area contributed by atoms with Crippen molar-refractivity contribution in [2.75, 3.05) is 5.32 Å². The Balaban J connectivity index is 1.79. The highest BCUT2D eigenvalue weighted by atomic mass is 79.9. The van der Waals surface area contributed by atoms with Crippen LogP contribution in [0.5, 0.6) is 0 Å². The molecule has 3 nitrogen and oxygen atoms in total. The minimum Gasteiger partial charge on any atom is -0.323 e. The number of aryl methyl sites for hydroxylation is 1. The van der Waals surface area contributed by atoms with Gasteiger partial charge in [0.05, 0.1) is 11.6 Å². The van der Waals surface area contributed by atoms with Gasteiger partial charge in [0.25, 0.3) is 0 Å². The van der Waals surface area contributed by atoms with Crippen molar-refractivity contribution in [3.63, 3.8) is 0 Å². The highest BCUT2D eigenvalue weighted by Gasteiger charge is 2.17. The normalized spacial score (nSPS) is 11.8. The second-order valence-corrected chi connectivity index (χ2v) is 7.06. The van der Waals surface area contributed by atoms with Crippen LogP contribution in [0, 0.1) is 12.7 Å². The van der Waals surface area contributed by atoms with Crippen LogP contribution in [-0.4, -0.2) is 10.9 Å². The average molecular weight is 413 g/mol. The molecule has 0 radical (unpaired) electrons. The number of rotatable bonds is 4. The van der Waals surface area contributed by atoms with Crippen LogP contribution in [0.15, 0.2) is 65.3 Å². The highest BCUT2D eigenvalue weighted by molar-refractivity contribution is 9.10. The molecule has 0 bridgehead atoms. The number of carbonyl (C=O) groups is 1. The molecule has 0 fully saturated rings. The quantitative estimate of drug-likeness (QED) is 0.596. The molecule has 0 saturated carbocycles. The topological polar surface area (TPSA) is 42.0 Å². The molecule has 1 atom stereocenters. The maximum Gasteiger partial charge on any atom is 0.231 e. The summed E-state index contributed by atoms with van der Waals surface area (Å²) in [7, 11) is 0. The summed E-state index contributed by atoms with van der Waals surface area (Å²) in [5, 5.41) is 2.68. The van der Waals surface area contributed by atoms with Gasteiger partial charge in [-0.3, -0.25) is 9.78 Å². The van der Waals surface area contributed by atoms with Gasteiger partial charge < -0.3 is 5.32 Å². The van der Waals surface area contributed by atoms with E-state index in [4.69, 9.17) is 0 Å². The van der Waals surface area contributed by atoms with E-state index in [1.807, 2.05) is 43.3 Å². The minimum absolute atomic E-state index is 0.173. The zero-order chi connectivity index (χ0) is 18.7. The number of hydrogen-bond donors (Lipinski definition) is 1. The fourth-order valence-corrected chi connectivity index (χ4v) is 3.11. The molecule has 5 heteroatoms. The number of carbonyl (C=O) groups excluding carboxylic acids is 1. The van der Waals surface area contributed by atoms with Crippen molar-refractivity contribution in [3.8, 4) is 11.1 Å². The van der Waals surface area contributed by atoms with Gasteiger partial charge in [-0.15, -0.1) is 0 Å². The van der Waals surface area contributed by atoms with Crippen molar-refractivity contribution in [2.24, 2.45) is 0 Å². The maximum atomic E-state index is 14.5. The molecule has 1 N–H and O–H groups in total. The van der Waals surface area contributed by atoms with Gasteiger partial charge in [0, 0.05) is 16.4 Å². The first kappa shape index (κ1) is 18.3. The molecule has 3 aromatic rings. The first-order valence-corrected chi connectivity index (χ1v) is 9.02. The van der Waals surface area contributed by atoms with E-state index in [9.17, 15) is 9.18 Å². The molecule has 0 saturated heterocycles. The summed E-state index contributed by atoms with van der Waals surface area (Å²) in [6, 6.07) is 16.0. The Morgan fingerprint density at radius 2 is 1.88 bits per heavy atom. The summed E-state index contributed by atoms with van der Waals surface area (Å²) < 4.78 is 15.4. The van der Waals surface area contributed by atoms with Crippen molar-refractivity contribution in [1.29, 1.82) is 0 Å². The van der Waals surface area contributed by atoms with Crippen molar-refractivity contribution < 1.29 is 9.18 Å². The SMILES string of the molecule is Cc1cc(-c2ccc(NC(=O)C(C)c3cccc(Br)c3)c(F)c2)ccn1. The Bertz CT molecular complexity index is 958. The number of nitrogens with zero attached hydrogens (tertiary/aromatic N) is 1. The van der Waals surface area contributed by atoms with Crippen LogP contribution in [0.4, 0.5) is 10.1 Å². The van der Waals surface area contributed by atoms with E-state index in [-0.39, 0.29) is 11.6 Å². The Morgan fingerprint density at radius 3 is 2.58 bits per heavy atom. The summed E-state index contributed by atoms with van der Waals surface area (Å²) in [4.78, 5) is 16.6. The molecule has 0 spiro atoms. The average Bonchev–Trinajstić information content (AvgIpc) is 2.62. The van der Waals surface area contributed by atoms with Crippen LogP contribution in [0.25, 0.3) is 11.1 Å². The lowest BCUT2D eigenvalue weighted by Crippen LogP contribution is -2.19. The smallest absolute Gasteiger partial charge is 0.231 e. The molecule has 0 aliphatic carbocycles. The third kappa shape index (κ3) is 4.17. The van der Waals surface area contributed by atoms with Gasteiger partial charge in [0.2, 0.25) is 5.91 Å². The summed E-state index contributed by atoms with van der Waals surface area (Å²) in [6.45, 7) is 3.68. The second-order valence-electron chi connectivity index (χ2n) is 6.15. The highest BCUT2D eigenvalue weighted by Crippen LogP contribution is 2.26. The van der Waals surface area contributed by atoms with E-state index >= 15 is 0 Å². The van der Waals surface area contributed by atoms with E-state index in [2.05, 4.69) is 26.2 Å². The van der Waals surface area contributed by atoms with Gasteiger partial charge in [0.15, 0.2) is 0 Å². The first-order valence-electron chi connectivity index (χ1n) is 8.23. The van der Waals surface area contributed by atoms with Crippen LogP contribution < -0.4 is 5.32 Å². The van der Waals surface area contributed by atoms with Crippen LogP contribution in [0.2, 0.25) is 0 Å². The Hall–Kier alpha value is -2.53. The molecule has 1 amide bonds. The Labute approximate surface area is 160 Å². The van der Waals surface area contributed by atoms with Gasteiger partial charge in [-0.05, 0) is 66.9 Å². The van der Waals surface area contributed by atoms with Gasteiger partial charge in [-0.1, -0.05) is 34.1 Å². The van der Waals surface area contributed by atoms with E-state index < -0.39 is 11.7 Å². The lowest BCUT2D eigenvalue weighted by atomic mass is 10.00. The number of anilines is 1. The largest absolute Gasteiger partial charge is 0.323 e. The van der Waals surface area contributed by atoms with Gasteiger partial charge in [-0.2, -0.15) is 0 Å². The molecule has 132 valence electrons. The first-order chi connectivity index (χ1) is 12.4. The van der Waals surface area contributed by atoms with Gasteiger partial charge in [0.1, 0.15) is 5.82 Å². The number of amides is 1. The molecule has 0 aliphatic heterocycles. The zero-order valence-electron chi connectivity index (χ0n) is 14.5. The minimum atomic E-state index is -0.466. The van der Waals surface area contributed by atoms with E-state index in [0.717, 1.165) is 26.9 Å². The van der Waals surface area contributed by atoms with Crippen LogP contribution in [0.3, 0.4) is 0 Å². The Kier molecular flexibility index (Phi) is 5.47. The molecular weight excluding hydrogens is 395 g/mol. The van der Waals surface area contributed by atoms with Crippen LogP contribution in [-0.2, 0) is 4.79 Å². The van der Waals surface area contributed by atoms with Crippen LogP contribution >= 0.6 is 15.9 Å². The molecule has 2 aromatic carbocycles. The number of hydrogen-bond acceptors (Lipinski definition) is 2. The fraction of sp³-hybridized carbons (Fsp3) is 0.143.